The van der Waals surface area contributed by atoms with E-state index in [4.69, 9.17) is 0 Å². The molecule has 0 unspecified atom stereocenters. The summed E-state index contributed by atoms with van der Waals surface area (Å²) in [5.74, 6) is -0.0962. The zero-order valence-electron chi connectivity index (χ0n) is 9.38. The zero-order chi connectivity index (χ0) is 12.3. The molecule has 2 rings (SSSR count). The second-order valence-electron chi connectivity index (χ2n) is 3.67. The molecule has 0 spiro atoms. The summed E-state index contributed by atoms with van der Waals surface area (Å²) in [5, 5.41) is 2.69. The smallest absolute Gasteiger partial charge is 0.221 e. The van der Waals surface area contributed by atoms with E-state index in [1.807, 2.05) is 28.8 Å². The van der Waals surface area contributed by atoms with Crippen molar-refractivity contribution in [1.82, 2.24) is 4.57 Å². The van der Waals surface area contributed by atoms with Gasteiger partial charge in [0.2, 0.25) is 5.91 Å². The minimum Gasteiger partial charge on any atom is -0.326 e. The largest absolute Gasteiger partial charge is 0.326 e. The Hall–Kier alpha value is -2.36. The van der Waals surface area contributed by atoms with Gasteiger partial charge in [-0.05, 0) is 24.3 Å². The molecule has 0 aliphatic heterocycles. The fourth-order valence-corrected chi connectivity index (χ4v) is 1.51. The average Bonchev–Trinajstić information content (AvgIpc) is 2.30. The van der Waals surface area contributed by atoms with Crippen LogP contribution in [0, 0.1) is 0 Å². The minimum atomic E-state index is -0.0962. The van der Waals surface area contributed by atoms with Gasteiger partial charge in [-0.1, -0.05) is 0 Å². The van der Waals surface area contributed by atoms with E-state index in [0.29, 0.717) is 0 Å². The number of rotatable bonds is 2. The third-order valence-corrected chi connectivity index (χ3v) is 2.28. The van der Waals surface area contributed by atoms with Crippen LogP contribution in [0.15, 0.2) is 53.6 Å². The highest BCUT2D eigenvalue weighted by Crippen LogP contribution is 2.12. The summed E-state index contributed by atoms with van der Waals surface area (Å²) in [5.41, 5.74) is 1.66. The van der Waals surface area contributed by atoms with Gasteiger partial charge >= 0.3 is 0 Å². The van der Waals surface area contributed by atoms with E-state index in [1.165, 1.54) is 19.1 Å². The van der Waals surface area contributed by atoms with Crippen molar-refractivity contribution in [2.45, 2.75) is 6.92 Å². The lowest BCUT2D eigenvalue weighted by Gasteiger charge is -2.07. The van der Waals surface area contributed by atoms with Crippen molar-refractivity contribution in [2.75, 3.05) is 5.32 Å². The van der Waals surface area contributed by atoms with Crippen molar-refractivity contribution in [2.24, 2.45) is 0 Å². The number of amides is 1. The predicted octanol–water partition coefficient (Wildman–Crippen LogP) is 1.80. The monoisotopic (exact) mass is 228 g/mol. The van der Waals surface area contributed by atoms with Crippen LogP contribution in [0.4, 0.5) is 5.69 Å². The quantitative estimate of drug-likeness (QED) is 0.852. The Labute approximate surface area is 98.5 Å². The maximum atomic E-state index is 11.0. The predicted molar refractivity (Wildman–Crippen MR) is 66.3 cm³/mol. The molecule has 0 saturated carbocycles. The Morgan fingerprint density at radius 2 is 1.65 bits per heavy atom. The summed E-state index contributed by atoms with van der Waals surface area (Å²) in [6.07, 6.45) is 3.41. The van der Waals surface area contributed by atoms with Crippen LogP contribution in [0.5, 0.6) is 0 Å². The molecular weight excluding hydrogens is 216 g/mol. The van der Waals surface area contributed by atoms with Gasteiger partial charge in [-0.3, -0.25) is 9.59 Å². The number of aromatic nitrogens is 1. The maximum absolute atomic E-state index is 11.0. The van der Waals surface area contributed by atoms with Crippen molar-refractivity contribution in [3.8, 4) is 5.69 Å². The van der Waals surface area contributed by atoms with Gasteiger partial charge in [0.1, 0.15) is 0 Å². The molecule has 0 aliphatic rings. The van der Waals surface area contributed by atoms with Gasteiger partial charge in [0.15, 0.2) is 5.43 Å². The number of anilines is 1. The lowest BCUT2D eigenvalue weighted by atomic mass is 10.2. The first kappa shape index (κ1) is 11.1. The summed E-state index contributed by atoms with van der Waals surface area (Å²) in [7, 11) is 0. The molecule has 17 heavy (non-hydrogen) atoms. The third-order valence-electron chi connectivity index (χ3n) is 2.28. The van der Waals surface area contributed by atoms with Crippen molar-refractivity contribution in [1.29, 1.82) is 0 Å². The van der Waals surface area contributed by atoms with Crippen LogP contribution < -0.4 is 10.7 Å². The molecular formula is C13H12N2O2. The van der Waals surface area contributed by atoms with Crippen LogP contribution in [0.3, 0.4) is 0 Å². The number of hydrogen-bond donors (Lipinski definition) is 1. The van der Waals surface area contributed by atoms with Crippen LogP contribution in [0.1, 0.15) is 6.92 Å². The summed E-state index contributed by atoms with van der Waals surface area (Å²) in [4.78, 5) is 21.8. The summed E-state index contributed by atoms with van der Waals surface area (Å²) >= 11 is 0. The Kier molecular flexibility index (Phi) is 3.05. The van der Waals surface area contributed by atoms with Gasteiger partial charge in [-0.15, -0.1) is 0 Å². The molecule has 4 heteroatoms. The Balaban J connectivity index is 2.26. The lowest BCUT2D eigenvalue weighted by molar-refractivity contribution is -0.114. The van der Waals surface area contributed by atoms with Gasteiger partial charge in [-0.2, -0.15) is 0 Å². The molecule has 2 aromatic rings. The first-order valence-electron chi connectivity index (χ1n) is 5.21. The first-order chi connectivity index (χ1) is 8.15. The third kappa shape index (κ3) is 2.81. The molecule has 0 fully saturated rings. The van der Waals surface area contributed by atoms with Crippen molar-refractivity contribution < 1.29 is 4.79 Å². The molecule has 0 radical (unpaired) electrons. The van der Waals surface area contributed by atoms with E-state index in [0.717, 1.165) is 11.4 Å². The second-order valence-corrected chi connectivity index (χ2v) is 3.67. The lowest BCUT2D eigenvalue weighted by Crippen LogP contribution is -2.06. The molecule has 1 heterocycles. The van der Waals surface area contributed by atoms with Crippen molar-refractivity contribution in [3.05, 3.63) is 59.0 Å². The standard InChI is InChI=1S/C13H12N2O2/c1-10(16)14-11-2-4-12(5-3-11)15-8-6-13(17)7-9-15/h2-9H,1H3,(H,14,16). The number of benzene rings is 1. The summed E-state index contributed by atoms with van der Waals surface area (Å²) in [6.45, 7) is 1.47. The molecule has 86 valence electrons. The van der Waals surface area contributed by atoms with Crippen LogP contribution in [0.25, 0.3) is 5.69 Å². The molecule has 0 atom stereocenters. The Morgan fingerprint density at radius 1 is 1.06 bits per heavy atom. The fraction of sp³-hybridized carbons (Fsp3) is 0.0769. The number of hydrogen-bond acceptors (Lipinski definition) is 2. The van der Waals surface area contributed by atoms with Crippen LogP contribution >= 0.6 is 0 Å². The van der Waals surface area contributed by atoms with Crippen LogP contribution in [-0.4, -0.2) is 10.5 Å². The molecule has 4 nitrogen and oxygen atoms in total. The normalized spacial score (nSPS) is 9.94. The molecule has 1 aromatic carbocycles. The van der Waals surface area contributed by atoms with E-state index in [2.05, 4.69) is 5.32 Å². The highest BCUT2D eigenvalue weighted by molar-refractivity contribution is 5.88. The van der Waals surface area contributed by atoms with Crippen molar-refractivity contribution in [3.63, 3.8) is 0 Å². The SMILES string of the molecule is CC(=O)Nc1ccc(-n2ccc(=O)cc2)cc1. The number of nitrogens with zero attached hydrogens (tertiary/aromatic N) is 1. The Morgan fingerprint density at radius 3 is 2.18 bits per heavy atom. The van der Waals surface area contributed by atoms with E-state index < -0.39 is 0 Å². The van der Waals surface area contributed by atoms with Crippen molar-refractivity contribution >= 4 is 11.6 Å². The van der Waals surface area contributed by atoms with Gasteiger partial charge in [0.05, 0.1) is 0 Å². The first-order valence-corrected chi connectivity index (χ1v) is 5.21. The zero-order valence-corrected chi connectivity index (χ0v) is 9.38. The van der Waals surface area contributed by atoms with Gasteiger partial charge in [0, 0.05) is 42.8 Å². The Bertz CT molecular complexity index is 565. The molecule has 0 aliphatic carbocycles. The summed E-state index contributed by atoms with van der Waals surface area (Å²) < 4.78 is 1.83. The number of nitrogens with one attached hydrogen (secondary N) is 1. The van der Waals surface area contributed by atoms with E-state index >= 15 is 0 Å². The molecule has 0 saturated heterocycles. The molecule has 1 amide bonds. The van der Waals surface area contributed by atoms with E-state index in [9.17, 15) is 9.59 Å². The van der Waals surface area contributed by atoms with Crippen LogP contribution in [-0.2, 0) is 4.79 Å². The molecule has 0 bridgehead atoms. The van der Waals surface area contributed by atoms with Gasteiger partial charge in [-0.25, -0.2) is 0 Å². The number of carbonyl (C=O) groups excluding carboxylic acids is 1. The topological polar surface area (TPSA) is 51.1 Å². The fourth-order valence-electron chi connectivity index (χ4n) is 1.51. The van der Waals surface area contributed by atoms with Crippen LogP contribution in [0.2, 0.25) is 0 Å². The van der Waals surface area contributed by atoms with Gasteiger partial charge in [0.25, 0.3) is 0 Å². The second kappa shape index (κ2) is 4.65. The molecule has 1 aromatic heterocycles. The van der Waals surface area contributed by atoms with Gasteiger partial charge < -0.3 is 9.88 Å². The average molecular weight is 228 g/mol. The number of pyridine rings is 1. The maximum Gasteiger partial charge on any atom is 0.221 e. The number of carbonyl (C=O) groups is 1. The van der Waals surface area contributed by atoms with E-state index in [1.54, 1.807) is 12.4 Å². The minimum absolute atomic E-state index is 0.0175. The summed E-state index contributed by atoms with van der Waals surface area (Å²) in [6, 6.07) is 10.4. The molecule has 1 N–H and O–H groups in total. The highest BCUT2D eigenvalue weighted by atomic mass is 16.1. The highest BCUT2D eigenvalue weighted by Gasteiger charge is 1.97. The van der Waals surface area contributed by atoms with E-state index in [-0.39, 0.29) is 11.3 Å².